The summed E-state index contributed by atoms with van der Waals surface area (Å²) in [4.78, 5) is 12.3. The largest absolute Gasteiger partial charge is 0.353 e. The number of hydrogen-bond acceptors (Lipinski definition) is 2. The van der Waals surface area contributed by atoms with E-state index in [9.17, 15) is 4.79 Å². The van der Waals surface area contributed by atoms with E-state index in [0.29, 0.717) is 22.8 Å². The molecule has 2 aliphatic carbocycles. The number of fused-ring (bicyclic) bond motifs is 2. The van der Waals surface area contributed by atoms with Gasteiger partial charge in [0, 0.05) is 12.5 Å². The van der Waals surface area contributed by atoms with E-state index < -0.39 is 0 Å². The third-order valence-electron chi connectivity index (χ3n) is 7.37. The lowest BCUT2D eigenvalue weighted by Gasteiger charge is -2.39. The van der Waals surface area contributed by atoms with E-state index in [1.54, 1.807) is 0 Å². The normalized spacial score (nSPS) is 38.6. The van der Waals surface area contributed by atoms with Gasteiger partial charge in [-0.05, 0) is 74.3 Å². The van der Waals surface area contributed by atoms with Gasteiger partial charge in [-0.15, -0.1) is 0 Å². The van der Waals surface area contributed by atoms with E-state index in [1.165, 1.54) is 32.1 Å². The molecule has 3 aliphatic rings. The SMILES string of the molecule is CC1(C)C2CCC1(C)C(NC(=O)CCC1CCNCC1)C2. The molecule has 3 heteroatoms. The van der Waals surface area contributed by atoms with E-state index >= 15 is 0 Å². The summed E-state index contributed by atoms with van der Waals surface area (Å²) in [6.45, 7) is 9.47. The van der Waals surface area contributed by atoms with Gasteiger partial charge in [0.2, 0.25) is 5.91 Å². The predicted octanol–water partition coefficient (Wildman–Crippen LogP) is 3.10. The van der Waals surface area contributed by atoms with Crippen LogP contribution >= 0.6 is 0 Å². The molecule has 2 saturated carbocycles. The van der Waals surface area contributed by atoms with Crippen molar-refractivity contribution < 1.29 is 4.79 Å². The van der Waals surface area contributed by atoms with Crippen LogP contribution in [-0.4, -0.2) is 25.0 Å². The Labute approximate surface area is 129 Å². The second kappa shape index (κ2) is 5.57. The maximum absolute atomic E-state index is 12.3. The minimum atomic E-state index is 0.295. The minimum Gasteiger partial charge on any atom is -0.353 e. The number of nitrogens with one attached hydrogen (secondary N) is 2. The number of piperidine rings is 1. The van der Waals surface area contributed by atoms with Crippen LogP contribution in [0.3, 0.4) is 0 Å². The Bertz CT molecular complexity index is 400. The molecule has 2 N–H and O–H groups in total. The number of hydrogen-bond donors (Lipinski definition) is 2. The monoisotopic (exact) mass is 292 g/mol. The molecule has 1 aliphatic heterocycles. The highest BCUT2D eigenvalue weighted by Crippen LogP contribution is 2.65. The molecule has 0 spiro atoms. The van der Waals surface area contributed by atoms with Gasteiger partial charge in [-0.2, -0.15) is 0 Å². The first-order valence-electron chi connectivity index (χ1n) is 8.93. The molecular formula is C18H32N2O. The fourth-order valence-electron chi connectivity index (χ4n) is 5.19. The molecule has 120 valence electrons. The zero-order valence-corrected chi connectivity index (χ0v) is 14.0. The number of carbonyl (C=O) groups is 1. The highest BCUT2D eigenvalue weighted by molar-refractivity contribution is 5.76. The van der Waals surface area contributed by atoms with E-state index in [4.69, 9.17) is 0 Å². The quantitative estimate of drug-likeness (QED) is 0.836. The summed E-state index contributed by atoms with van der Waals surface area (Å²) < 4.78 is 0. The van der Waals surface area contributed by atoms with E-state index in [0.717, 1.165) is 37.8 Å². The number of carbonyl (C=O) groups excluding carboxylic acids is 1. The van der Waals surface area contributed by atoms with Crippen molar-refractivity contribution in [3.8, 4) is 0 Å². The Morgan fingerprint density at radius 3 is 2.48 bits per heavy atom. The third-order valence-corrected chi connectivity index (χ3v) is 7.37. The zero-order valence-electron chi connectivity index (χ0n) is 14.0. The van der Waals surface area contributed by atoms with Crippen molar-refractivity contribution >= 4 is 5.91 Å². The van der Waals surface area contributed by atoms with E-state index in [1.807, 2.05) is 0 Å². The molecule has 21 heavy (non-hydrogen) atoms. The van der Waals surface area contributed by atoms with Gasteiger partial charge >= 0.3 is 0 Å². The van der Waals surface area contributed by atoms with Gasteiger partial charge in [-0.3, -0.25) is 4.79 Å². The Balaban J connectivity index is 1.49. The summed E-state index contributed by atoms with van der Waals surface area (Å²) >= 11 is 0. The molecule has 0 aromatic carbocycles. The standard InChI is InChI=1S/C18H32N2O/c1-17(2)14-6-9-18(17,3)15(12-14)20-16(21)5-4-13-7-10-19-11-8-13/h13-15,19H,4-12H2,1-3H3,(H,20,21). The van der Waals surface area contributed by atoms with Crippen molar-refractivity contribution in [2.75, 3.05) is 13.1 Å². The Hall–Kier alpha value is -0.570. The van der Waals surface area contributed by atoms with Crippen molar-refractivity contribution in [3.05, 3.63) is 0 Å². The minimum absolute atomic E-state index is 0.295. The lowest BCUT2D eigenvalue weighted by molar-refractivity contribution is -0.123. The molecule has 0 radical (unpaired) electrons. The van der Waals surface area contributed by atoms with Crippen LogP contribution in [0.15, 0.2) is 0 Å². The Kier molecular flexibility index (Phi) is 4.06. The highest BCUT2D eigenvalue weighted by atomic mass is 16.1. The summed E-state index contributed by atoms with van der Waals surface area (Å²) in [6, 6.07) is 0.409. The van der Waals surface area contributed by atoms with E-state index in [2.05, 4.69) is 31.4 Å². The molecule has 1 saturated heterocycles. The molecule has 3 rings (SSSR count). The maximum atomic E-state index is 12.3. The molecule has 3 atom stereocenters. The summed E-state index contributed by atoms with van der Waals surface area (Å²) in [7, 11) is 0. The highest BCUT2D eigenvalue weighted by Gasteiger charge is 2.61. The van der Waals surface area contributed by atoms with Crippen molar-refractivity contribution in [1.29, 1.82) is 0 Å². The van der Waals surface area contributed by atoms with Crippen molar-refractivity contribution in [1.82, 2.24) is 10.6 Å². The maximum Gasteiger partial charge on any atom is 0.220 e. The van der Waals surface area contributed by atoms with Crippen LogP contribution < -0.4 is 10.6 Å². The first-order valence-corrected chi connectivity index (χ1v) is 8.93. The van der Waals surface area contributed by atoms with E-state index in [-0.39, 0.29) is 0 Å². The van der Waals surface area contributed by atoms with Crippen molar-refractivity contribution in [2.45, 2.75) is 71.8 Å². The van der Waals surface area contributed by atoms with Gasteiger partial charge in [-0.25, -0.2) is 0 Å². The molecule has 3 nitrogen and oxygen atoms in total. The van der Waals surface area contributed by atoms with Crippen LogP contribution in [-0.2, 0) is 4.79 Å². The topological polar surface area (TPSA) is 41.1 Å². The lowest BCUT2D eigenvalue weighted by Crippen LogP contribution is -2.46. The van der Waals surface area contributed by atoms with Gasteiger partial charge in [0.1, 0.15) is 0 Å². The van der Waals surface area contributed by atoms with Crippen LogP contribution in [0.25, 0.3) is 0 Å². The molecule has 0 aromatic rings. The second-order valence-electron chi connectivity index (χ2n) is 8.46. The van der Waals surface area contributed by atoms with Crippen LogP contribution in [0.1, 0.15) is 65.7 Å². The van der Waals surface area contributed by atoms with Crippen molar-refractivity contribution in [2.24, 2.45) is 22.7 Å². The molecule has 2 bridgehead atoms. The summed E-state index contributed by atoms with van der Waals surface area (Å²) in [5.74, 6) is 1.85. The number of amides is 1. The Morgan fingerprint density at radius 2 is 1.90 bits per heavy atom. The molecule has 0 aromatic heterocycles. The lowest BCUT2D eigenvalue weighted by atomic mass is 9.69. The average molecular weight is 292 g/mol. The fraction of sp³-hybridized carbons (Fsp3) is 0.944. The molecule has 3 fully saturated rings. The van der Waals surface area contributed by atoms with Gasteiger partial charge in [0.25, 0.3) is 0 Å². The fourth-order valence-corrected chi connectivity index (χ4v) is 5.19. The van der Waals surface area contributed by atoms with Crippen LogP contribution in [0.5, 0.6) is 0 Å². The predicted molar refractivity (Wildman–Crippen MR) is 86.0 cm³/mol. The first-order chi connectivity index (χ1) is 9.93. The smallest absolute Gasteiger partial charge is 0.220 e. The number of rotatable bonds is 4. The average Bonchev–Trinajstić information content (AvgIpc) is 2.79. The van der Waals surface area contributed by atoms with Crippen LogP contribution in [0.4, 0.5) is 0 Å². The second-order valence-corrected chi connectivity index (χ2v) is 8.46. The third kappa shape index (κ3) is 2.62. The van der Waals surface area contributed by atoms with Gasteiger partial charge in [-0.1, -0.05) is 20.8 Å². The first kappa shape index (κ1) is 15.3. The molecule has 1 heterocycles. The van der Waals surface area contributed by atoms with Crippen molar-refractivity contribution in [3.63, 3.8) is 0 Å². The van der Waals surface area contributed by atoms with Crippen LogP contribution in [0, 0.1) is 22.7 Å². The molecule has 3 unspecified atom stereocenters. The molecular weight excluding hydrogens is 260 g/mol. The van der Waals surface area contributed by atoms with Gasteiger partial charge < -0.3 is 10.6 Å². The zero-order chi connectivity index (χ0) is 15.1. The van der Waals surface area contributed by atoms with Gasteiger partial charge in [0.05, 0.1) is 0 Å². The summed E-state index contributed by atoms with van der Waals surface area (Å²) in [5.41, 5.74) is 0.696. The van der Waals surface area contributed by atoms with Gasteiger partial charge in [0.15, 0.2) is 0 Å². The van der Waals surface area contributed by atoms with Crippen LogP contribution in [0.2, 0.25) is 0 Å². The summed E-state index contributed by atoms with van der Waals surface area (Å²) in [5, 5.41) is 6.78. The summed E-state index contributed by atoms with van der Waals surface area (Å²) in [6.07, 6.45) is 8.11. The Morgan fingerprint density at radius 1 is 1.19 bits per heavy atom. The molecule has 1 amide bonds.